The molecule has 9 heteroatoms. The van der Waals surface area contributed by atoms with E-state index in [2.05, 4.69) is 51.1 Å². The van der Waals surface area contributed by atoms with E-state index in [4.69, 9.17) is 0 Å². The van der Waals surface area contributed by atoms with E-state index < -0.39 is 6.04 Å². The van der Waals surface area contributed by atoms with Gasteiger partial charge in [0.1, 0.15) is 11.9 Å². The largest absolute Gasteiger partial charge is 0.369 e. The number of H-pyrrole nitrogens is 1. The Balaban J connectivity index is 1.55. The molecular formula is C27H32FN7O. The topological polar surface area (TPSA) is 82.9 Å². The van der Waals surface area contributed by atoms with E-state index in [1.165, 1.54) is 12.1 Å². The van der Waals surface area contributed by atoms with E-state index in [-0.39, 0.29) is 16.9 Å². The van der Waals surface area contributed by atoms with Crippen LogP contribution in [-0.4, -0.2) is 56.3 Å². The Bertz CT molecular complexity index is 1420. The summed E-state index contributed by atoms with van der Waals surface area (Å²) < 4.78 is 15.3. The van der Waals surface area contributed by atoms with Crippen molar-refractivity contribution in [2.24, 2.45) is 0 Å². The maximum absolute atomic E-state index is 13.5. The summed E-state index contributed by atoms with van der Waals surface area (Å²) in [6.45, 7) is 11.2. The number of anilines is 1. The number of pyridine rings is 1. The molecule has 0 saturated carbocycles. The number of aromatic nitrogens is 5. The number of aromatic amines is 1. The summed E-state index contributed by atoms with van der Waals surface area (Å²) in [5.74, 6) is 0.419. The second kappa shape index (κ2) is 9.46. The van der Waals surface area contributed by atoms with Crippen molar-refractivity contribution in [3.05, 3.63) is 81.7 Å². The van der Waals surface area contributed by atoms with Crippen LogP contribution in [0.4, 0.5) is 10.1 Å². The van der Waals surface area contributed by atoms with Gasteiger partial charge in [-0.05, 0) is 85.0 Å². The minimum atomic E-state index is -0.407. The Hall–Kier alpha value is -3.59. The number of nitrogens with zero attached hydrogens (tertiary/aromatic N) is 6. The third-order valence-corrected chi connectivity index (χ3v) is 7.37. The second-order valence-electron chi connectivity index (χ2n) is 10.2. The van der Waals surface area contributed by atoms with Crippen LogP contribution in [0.1, 0.15) is 50.2 Å². The van der Waals surface area contributed by atoms with Gasteiger partial charge in [-0.2, -0.15) is 0 Å². The molecule has 5 rings (SSSR count). The molecule has 2 aromatic carbocycles. The molecule has 2 aromatic heterocycles. The number of fused-ring (bicyclic) bond motifs is 1. The Morgan fingerprint density at radius 3 is 2.47 bits per heavy atom. The van der Waals surface area contributed by atoms with Crippen molar-refractivity contribution in [3.8, 4) is 0 Å². The fourth-order valence-electron chi connectivity index (χ4n) is 4.87. The molecule has 188 valence electrons. The number of hydrogen-bond acceptors (Lipinski definition) is 6. The molecule has 0 bridgehead atoms. The Morgan fingerprint density at radius 2 is 1.78 bits per heavy atom. The number of aryl methyl sites for hydroxylation is 1. The van der Waals surface area contributed by atoms with Crippen LogP contribution >= 0.6 is 0 Å². The fourth-order valence-corrected chi connectivity index (χ4v) is 4.87. The van der Waals surface area contributed by atoms with E-state index in [9.17, 15) is 9.18 Å². The minimum absolute atomic E-state index is 0.136. The highest BCUT2D eigenvalue weighted by Crippen LogP contribution is 2.32. The maximum atomic E-state index is 13.5. The van der Waals surface area contributed by atoms with Gasteiger partial charge in [-0.1, -0.05) is 19.1 Å². The monoisotopic (exact) mass is 489 g/mol. The zero-order chi connectivity index (χ0) is 25.4. The molecule has 36 heavy (non-hydrogen) atoms. The lowest BCUT2D eigenvalue weighted by Gasteiger charge is -2.40. The van der Waals surface area contributed by atoms with E-state index >= 15 is 0 Å². The number of nitrogens with one attached hydrogen (secondary N) is 1. The van der Waals surface area contributed by atoms with Crippen molar-refractivity contribution in [1.82, 2.24) is 30.1 Å². The fraction of sp³-hybridized carbons (Fsp3) is 0.407. The Labute approximate surface area is 209 Å². The van der Waals surface area contributed by atoms with Crippen LogP contribution in [0.15, 0.2) is 53.3 Å². The molecule has 3 heterocycles. The highest BCUT2D eigenvalue weighted by Gasteiger charge is 2.35. The third-order valence-electron chi connectivity index (χ3n) is 7.37. The molecule has 1 aliphatic heterocycles. The molecule has 0 spiro atoms. The van der Waals surface area contributed by atoms with Crippen molar-refractivity contribution < 1.29 is 4.39 Å². The van der Waals surface area contributed by atoms with Crippen LogP contribution in [0.25, 0.3) is 10.9 Å². The number of hydrogen-bond donors (Lipinski definition) is 1. The highest BCUT2D eigenvalue weighted by molar-refractivity contribution is 5.79. The molecule has 1 saturated heterocycles. The van der Waals surface area contributed by atoms with E-state index in [0.29, 0.717) is 24.5 Å². The van der Waals surface area contributed by atoms with Crippen molar-refractivity contribution in [3.63, 3.8) is 0 Å². The SMILES string of the molecule is CCC(C)(C)n1nnnc1[C@H](c1cc2ccc(C)cc2[nH]c1=O)N1CCN(c2ccc(F)cc2)CC1. The second-order valence-corrected chi connectivity index (χ2v) is 10.2. The van der Waals surface area contributed by atoms with Gasteiger partial charge < -0.3 is 9.88 Å². The van der Waals surface area contributed by atoms with Gasteiger partial charge in [0, 0.05) is 42.9 Å². The van der Waals surface area contributed by atoms with Crippen LogP contribution in [0.2, 0.25) is 0 Å². The maximum Gasteiger partial charge on any atom is 0.253 e. The first kappa shape index (κ1) is 24.1. The van der Waals surface area contributed by atoms with Gasteiger partial charge in [0.05, 0.1) is 5.54 Å². The summed E-state index contributed by atoms with van der Waals surface area (Å²) in [5.41, 5.74) is 3.08. The summed E-state index contributed by atoms with van der Waals surface area (Å²) in [5, 5.41) is 13.8. The molecule has 1 aliphatic rings. The average Bonchev–Trinajstić information content (AvgIpc) is 3.36. The lowest BCUT2D eigenvalue weighted by Crippen LogP contribution is -2.49. The minimum Gasteiger partial charge on any atom is -0.369 e. The number of benzene rings is 2. The van der Waals surface area contributed by atoms with Gasteiger partial charge in [0.25, 0.3) is 5.56 Å². The van der Waals surface area contributed by atoms with Crippen LogP contribution in [0.5, 0.6) is 0 Å². The summed E-state index contributed by atoms with van der Waals surface area (Å²) in [4.78, 5) is 21.1. The molecule has 1 atom stereocenters. The normalized spacial score (nSPS) is 16.0. The van der Waals surface area contributed by atoms with Crippen molar-refractivity contribution in [2.75, 3.05) is 31.1 Å². The van der Waals surface area contributed by atoms with Crippen molar-refractivity contribution in [2.45, 2.75) is 45.7 Å². The predicted molar refractivity (Wildman–Crippen MR) is 139 cm³/mol. The standard InChI is InChI=1S/C27H32FN7O/c1-5-27(3,4)35-25(30-31-32-35)24(22-17-19-7-6-18(2)16-23(19)29-26(22)36)34-14-12-33(13-15-34)21-10-8-20(28)9-11-21/h6-11,16-17,24H,5,12-15H2,1-4H3,(H,29,36)/t24-/m0/s1. The number of piperazine rings is 1. The van der Waals surface area contributed by atoms with Gasteiger partial charge in [-0.25, -0.2) is 9.07 Å². The molecular weight excluding hydrogens is 457 g/mol. The van der Waals surface area contributed by atoms with E-state index in [1.54, 1.807) is 0 Å². The molecule has 0 unspecified atom stereocenters. The number of tetrazole rings is 1. The van der Waals surface area contributed by atoms with Gasteiger partial charge in [0.2, 0.25) is 0 Å². The van der Waals surface area contributed by atoms with Crippen LogP contribution in [0.3, 0.4) is 0 Å². The zero-order valence-corrected chi connectivity index (χ0v) is 21.2. The van der Waals surface area contributed by atoms with Gasteiger partial charge >= 0.3 is 0 Å². The summed E-state index contributed by atoms with van der Waals surface area (Å²) in [7, 11) is 0. The summed E-state index contributed by atoms with van der Waals surface area (Å²) in [6.07, 6.45) is 0.837. The summed E-state index contributed by atoms with van der Waals surface area (Å²) >= 11 is 0. The first-order chi connectivity index (χ1) is 17.3. The first-order valence-electron chi connectivity index (χ1n) is 12.4. The van der Waals surface area contributed by atoms with Crippen LogP contribution < -0.4 is 10.5 Å². The molecule has 1 fully saturated rings. The number of halogens is 1. The van der Waals surface area contributed by atoms with Crippen molar-refractivity contribution >= 4 is 16.6 Å². The molecule has 0 amide bonds. The molecule has 8 nitrogen and oxygen atoms in total. The number of rotatable bonds is 6. The Kier molecular flexibility index (Phi) is 6.34. The van der Waals surface area contributed by atoms with E-state index in [0.717, 1.165) is 41.7 Å². The molecule has 0 aliphatic carbocycles. The van der Waals surface area contributed by atoms with Gasteiger partial charge in [-0.15, -0.1) is 5.10 Å². The predicted octanol–water partition coefficient (Wildman–Crippen LogP) is 4.02. The zero-order valence-electron chi connectivity index (χ0n) is 21.2. The smallest absolute Gasteiger partial charge is 0.253 e. The highest BCUT2D eigenvalue weighted by atomic mass is 19.1. The molecule has 4 aromatic rings. The van der Waals surface area contributed by atoms with Gasteiger partial charge in [0.15, 0.2) is 5.82 Å². The lowest BCUT2D eigenvalue weighted by molar-refractivity contribution is 0.186. The first-order valence-corrected chi connectivity index (χ1v) is 12.4. The molecule has 0 radical (unpaired) electrons. The van der Waals surface area contributed by atoms with Gasteiger partial charge in [-0.3, -0.25) is 9.69 Å². The Morgan fingerprint density at radius 1 is 1.06 bits per heavy atom. The average molecular weight is 490 g/mol. The van der Waals surface area contributed by atoms with Crippen LogP contribution in [-0.2, 0) is 5.54 Å². The quantitative estimate of drug-likeness (QED) is 0.441. The van der Waals surface area contributed by atoms with Crippen LogP contribution in [0, 0.1) is 12.7 Å². The van der Waals surface area contributed by atoms with Crippen molar-refractivity contribution in [1.29, 1.82) is 0 Å². The van der Waals surface area contributed by atoms with E-state index in [1.807, 2.05) is 48.0 Å². The summed E-state index contributed by atoms with van der Waals surface area (Å²) in [6, 6.07) is 14.2. The third kappa shape index (κ3) is 4.51. The molecule has 1 N–H and O–H groups in total. The lowest BCUT2D eigenvalue weighted by atomic mass is 9.98.